The first kappa shape index (κ1) is 24.9. The Morgan fingerprint density at radius 1 is 0.974 bits per heavy atom. The van der Waals surface area contributed by atoms with Gasteiger partial charge in [0.25, 0.3) is 0 Å². The van der Waals surface area contributed by atoms with Gasteiger partial charge >= 0.3 is 0 Å². The number of hydrogen-bond acceptors (Lipinski definition) is 5. The quantitative estimate of drug-likeness (QED) is 0.213. The normalized spacial score (nSPS) is 14.1. The Hall–Kier alpha value is -4.39. The molecule has 0 saturated heterocycles. The number of fused-ring (bicyclic) bond motifs is 1. The molecule has 196 valence electrons. The molecule has 0 radical (unpaired) electrons. The van der Waals surface area contributed by atoms with Crippen molar-refractivity contribution in [1.29, 1.82) is 0 Å². The first-order valence-corrected chi connectivity index (χ1v) is 13.2. The molecule has 6 rings (SSSR count). The minimum Gasteiger partial charge on any atom is -0.455 e. The highest BCUT2D eigenvalue weighted by Gasteiger charge is 2.49. The lowest BCUT2D eigenvalue weighted by molar-refractivity contribution is 0.0965. The van der Waals surface area contributed by atoms with Crippen molar-refractivity contribution < 1.29 is 18.4 Å². The average Bonchev–Trinajstić information content (AvgIpc) is 3.40. The van der Waals surface area contributed by atoms with Crippen LogP contribution < -0.4 is 0 Å². The van der Waals surface area contributed by atoms with E-state index in [4.69, 9.17) is 4.42 Å². The molecule has 7 heteroatoms. The van der Waals surface area contributed by atoms with Crippen LogP contribution in [0.3, 0.4) is 0 Å². The molecule has 39 heavy (non-hydrogen) atoms. The number of halogens is 1. The van der Waals surface area contributed by atoms with E-state index < -0.39 is 0 Å². The Bertz CT molecular complexity index is 1740. The van der Waals surface area contributed by atoms with Gasteiger partial charge in [0.15, 0.2) is 17.4 Å². The second kappa shape index (κ2) is 9.42. The highest BCUT2D eigenvalue weighted by Crippen LogP contribution is 2.50. The first-order valence-electron chi connectivity index (χ1n) is 13.2. The van der Waals surface area contributed by atoms with Gasteiger partial charge in [-0.1, -0.05) is 25.1 Å². The van der Waals surface area contributed by atoms with E-state index in [-0.39, 0.29) is 22.8 Å². The SMILES string of the molecule is CCC(=O)c1c(-c2ccc(F)cc2)oc2ccc(-c3cc(C(=O)CC4(c5n[nH]c(C)n5)CC4)ccc3C)cc12. The van der Waals surface area contributed by atoms with Gasteiger partial charge < -0.3 is 4.42 Å². The van der Waals surface area contributed by atoms with E-state index in [1.807, 2.05) is 57.2 Å². The van der Waals surface area contributed by atoms with Gasteiger partial charge in [-0.2, -0.15) is 5.10 Å². The zero-order valence-corrected chi connectivity index (χ0v) is 22.1. The van der Waals surface area contributed by atoms with Crippen molar-refractivity contribution in [1.82, 2.24) is 15.2 Å². The lowest BCUT2D eigenvalue weighted by Gasteiger charge is -2.13. The van der Waals surface area contributed by atoms with Gasteiger partial charge in [-0.05, 0) is 85.8 Å². The van der Waals surface area contributed by atoms with Gasteiger partial charge in [0, 0.05) is 34.8 Å². The molecule has 2 aromatic heterocycles. The Labute approximate surface area is 225 Å². The fourth-order valence-electron chi connectivity index (χ4n) is 5.25. The predicted molar refractivity (Wildman–Crippen MR) is 147 cm³/mol. The van der Waals surface area contributed by atoms with E-state index in [0.29, 0.717) is 46.3 Å². The molecule has 0 unspecified atom stereocenters. The molecule has 3 aromatic carbocycles. The van der Waals surface area contributed by atoms with Crippen molar-refractivity contribution in [2.45, 2.75) is 51.9 Å². The van der Waals surface area contributed by atoms with Crippen LogP contribution in [0, 0.1) is 19.7 Å². The van der Waals surface area contributed by atoms with Crippen molar-refractivity contribution in [2.24, 2.45) is 0 Å². The minimum absolute atomic E-state index is 0.0529. The summed E-state index contributed by atoms with van der Waals surface area (Å²) in [4.78, 5) is 31.0. The van der Waals surface area contributed by atoms with Crippen molar-refractivity contribution in [2.75, 3.05) is 0 Å². The van der Waals surface area contributed by atoms with E-state index in [2.05, 4.69) is 15.2 Å². The van der Waals surface area contributed by atoms with Gasteiger partial charge in [-0.3, -0.25) is 14.7 Å². The van der Waals surface area contributed by atoms with Crippen LogP contribution >= 0.6 is 0 Å². The number of ketones is 2. The van der Waals surface area contributed by atoms with Crippen LogP contribution in [0.1, 0.15) is 70.5 Å². The van der Waals surface area contributed by atoms with E-state index in [1.165, 1.54) is 12.1 Å². The maximum Gasteiger partial charge on any atom is 0.167 e. The number of hydrogen-bond donors (Lipinski definition) is 1. The van der Waals surface area contributed by atoms with Gasteiger partial charge in [-0.25, -0.2) is 9.37 Å². The Kier molecular flexibility index (Phi) is 6.02. The monoisotopic (exact) mass is 521 g/mol. The standard InChI is InChI=1S/C32H28FN3O3/c1-4-26(37)29-25-15-21(9-12-28(25)39-30(29)20-7-10-23(33)11-8-20)24-16-22(6-5-18(24)2)27(38)17-32(13-14-32)31-34-19(3)35-36-31/h5-12,15-16H,4,13-14,17H2,1-3H3,(H,34,35,36). The molecular weight excluding hydrogens is 493 g/mol. The number of Topliss-reactive ketones (excluding diaryl/α,β-unsaturated/α-hetero) is 2. The molecule has 1 saturated carbocycles. The van der Waals surface area contributed by atoms with Crippen molar-refractivity contribution in [3.63, 3.8) is 0 Å². The number of H-pyrrole nitrogens is 1. The number of carbonyl (C=O) groups is 2. The molecule has 1 aliphatic rings. The molecule has 2 heterocycles. The Balaban J connectivity index is 1.38. The first-order chi connectivity index (χ1) is 18.8. The number of aromatic amines is 1. The second-order valence-electron chi connectivity index (χ2n) is 10.5. The third-order valence-electron chi connectivity index (χ3n) is 7.69. The highest BCUT2D eigenvalue weighted by molar-refractivity contribution is 6.12. The van der Waals surface area contributed by atoms with Crippen LogP contribution in [0.25, 0.3) is 33.4 Å². The van der Waals surface area contributed by atoms with Crippen LogP contribution in [0.4, 0.5) is 4.39 Å². The van der Waals surface area contributed by atoms with E-state index >= 15 is 0 Å². The highest BCUT2D eigenvalue weighted by atomic mass is 19.1. The molecule has 1 fully saturated rings. The number of rotatable bonds is 8. The smallest absolute Gasteiger partial charge is 0.167 e. The molecule has 0 amide bonds. The molecule has 6 nitrogen and oxygen atoms in total. The maximum atomic E-state index is 13.6. The van der Waals surface area contributed by atoms with Crippen LogP contribution in [-0.4, -0.2) is 26.7 Å². The van der Waals surface area contributed by atoms with Gasteiger partial charge in [0.2, 0.25) is 0 Å². The Morgan fingerprint density at radius 3 is 2.38 bits per heavy atom. The lowest BCUT2D eigenvalue weighted by atomic mass is 9.91. The van der Waals surface area contributed by atoms with Crippen LogP contribution in [-0.2, 0) is 5.41 Å². The van der Waals surface area contributed by atoms with Gasteiger partial charge in [-0.15, -0.1) is 0 Å². The summed E-state index contributed by atoms with van der Waals surface area (Å²) in [5.74, 6) is 1.56. The van der Waals surface area contributed by atoms with E-state index in [0.717, 1.165) is 41.2 Å². The summed E-state index contributed by atoms with van der Waals surface area (Å²) in [6.07, 6.45) is 2.47. The number of furan rings is 1. The molecule has 1 N–H and O–H groups in total. The largest absolute Gasteiger partial charge is 0.455 e. The summed E-state index contributed by atoms with van der Waals surface area (Å²) in [5, 5.41) is 7.91. The van der Waals surface area contributed by atoms with Gasteiger partial charge in [0.05, 0.1) is 5.56 Å². The van der Waals surface area contributed by atoms with Crippen molar-refractivity contribution in [3.8, 4) is 22.5 Å². The molecule has 5 aromatic rings. The number of aromatic nitrogens is 3. The fraction of sp³-hybridized carbons (Fsp3) is 0.250. The summed E-state index contributed by atoms with van der Waals surface area (Å²) >= 11 is 0. The van der Waals surface area contributed by atoms with Gasteiger partial charge in [0.1, 0.15) is 23.0 Å². The third-order valence-corrected chi connectivity index (χ3v) is 7.69. The summed E-state index contributed by atoms with van der Waals surface area (Å²) in [7, 11) is 0. The lowest BCUT2D eigenvalue weighted by Crippen LogP contribution is -2.15. The average molecular weight is 522 g/mol. The number of nitrogens with one attached hydrogen (secondary N) is 1. The molecule has 0 aliphatic heterocycles. The molecule has 0 atom stereocenters. The summed E-state index contributed by atoms with van der Waals surface area (Å²) in [6, 6.07) is 17.4. The topological polar surface area (TPSA) is 88.9 Å². The van der Waals surface area contributed by atoms with Crippen molar-refractivity contribution in [3.05, 3.63) is 94.8 Å². The zero-order chi connectivity index (χ0) is 27.3. The van der Waals surface area contributed by atoms with E-state index in [1.54, 1.807) is 12.1 Å². The van der Waals surface area contributed by atoms with Crippen LogP contribution in [0.5, 0.6) is 0 Å². The number of aryl methyl sites for hydroxylation is 2. The molecule has 0 spiro atoms. The number of carbonyl (C=O) groups excluding carboxylic acids is 2. The second-order valence-corrected chi connectivity index (χ2v) is 10.5. The molecule has 0 bridgehead atoms. The van der Waals surface area contributed by atoms with Crippen LogP contribution in [0.2, 0.25) is 0 Å². The predicted octanol–water partition coefficient (Wildman–Crippen LogP) is 7.54. The molecular formula is C32H28FN3O3. The maximum absolute atomic E-state index is 13.6. The summed E-state index contributed by atoms with van der Waals surface area (Å²) in [5.41, 5.74) is 4.89. The van der Waals surface area contributed by atoms with Crippen LogP contribution in [0.15, 0.2) is 65.1 Å². The summed E-state index contributed by atoms with van der Waals surface area (Å²) in [6.45, 7) is 5.68. The van der Waals surface area contributed by atoms with E-state index in [9.17, 15) is 14.0 Å². The minimum atomic E-state index is -0.353. The van der Waals surface area contributed by atoms with Crippen molar-refractivity contribution >= 4 is 22.5 Å². The third kappa shape index (κ3) is 4.48. The Morgan fingerprint density at radius 2 is 1.72 bits per heavy atom. The fourth-order valence-corrected chi connectivity index (χ4v) is 5.25. The summed E-state index contributed by atoms with van der Waals surface area (Å²) < 4.78 is 19.7. The number of nitrogens with zero attached hydrogens (tertiary/aromatic N) is 2. The zero-order valence-electron chi connectivity index (χ0n) is 22.1. The molecule has 1 aliphatic carbocycles. The number of benzene rings is 3.